The minimum absolute atomic E-state index is 0.0689. The SMILES string of the molecule is CCCCCCCC/C=C\CCCCCCCCCCCC(=O)NC(CO)C(O)/C=C/CCCCCCCCCC. The number of carbonyl (C=O) groups excluding carboxylic acids is 1. The molecule has 2 atom stereocenters. The Labute approximate surface area is 256 Å². The Morgan fingerprint density at radius 1 is 0.561 bits per heavy atom. The summed E-state index contributed by atoms with van der Waals surface area (Å²) in [6.07, 6.45) is 41.2. The molecule has 0 aliphatic rings. The van der Waals surface area contributed by atoms with Crippen LogP contribution in [0.15, 0.2) is 24.3 Å². The fourth-order valence-electron chi connectivity index (χ4n) is 5.35. The summed E-state index contributed by atoms with van der Waals surface area (Å²) in [5, 5.41) is 22.8. The highest BCUT2D eigenvalue weighted by Gasteiger charge is 2.17. The van der Waals surface area contributed by atoms with Crippen molar-refractivity contribution in [2.45, 2.75) is 199 Å². The molecular formula is C37H71NO3. The maximum Gasteiger partial charge on any atom is 0.220 e. The van der Waals surface area contributed by atoms with Crippen molar-refractivity contribution in [1.82, 2.24) is 5.32 Å². The molecular weight excluding hydrogens is 506 g/mol. The highest BCUT2D eigenvalue weighted by molar-refractivity contribution is 5.76. The standard InChI is InChI=1S/C37H71NO3/c1-3-5-7-9-11-13-15-16-17-18-19-20-21-22-23-25-27-29-31-33-37(41)38-35(34-39)36(40)32-30-28-26-24-14-12-10-8-6-4-2/h16-17,30,32,35-36,39-40H,3-15,18-29,31,33-34H2,1-2H3,(H,38,41)/b17-16-,32-30+. The van der Waals surface area contributed by atoms with Gasteiger partial charge >= 0.3 is 0 Å². The van der Waals surface area contributed by atoms with Gasteiger partial charge in [0.2, 0.25) is 5.91 Å². The number of nitrogens with one attached hydrogen (secondary N) is 1. The van der Waals surface area contributed by atoms with Crippen LogP contribution in [0.1, 0.15) is 187 Å². The number of aliphatic hydroxyl groups excluding tert-OH is 2. The minimum Gasteiger partial charge on any atom is -0.394 e. The first-order valence-corrected chi connectivity index (χ1v) is 18.1. The molecule has 4 nitrogen and oxygen atoms in total. The molecule has 2 unspecified atom stereocenters. The predicted octanol–water partition coefficient (Wildman–Crippen LogP) is 10.5. The van der Waals surface area contributed by atoms with E-state index in [2.05, 4.69) is 31.3 Å². The summed E-state index contributed by atoms with van der Waals surface area (Å²) in [4.78, 5) is 12.3. The van der Waals surface area contributed by atoms with Gasteiger partial charge < -0.3 is 15.5 Å². The van der Waals surface area contributed by atoms with Gasteiger partial charge in [-0.1, -0.05) is 160 Å². The number of aliphatic hydroxyl groups is 2. The lowest BCUT2D eigenvalue weighted by Gasteiger charge is -2.20. The molecule has 0 saturated carbocycles. The second-order valence-corrected chi connectivity index (χ2v) is 12.3. The van der Waals surface area contributed by atoms with Crippen LogP contribution in [0.3, 0.4) is 0 Å². The molecule has 4 heteroatoms. The quantitative estimate of drug-likeness (QED) is 0.0550. The summed E-state index contributed by atoms with van der Waals surface area (Å²) >= 11 is 0. The number of allylic oxidation sites excluding steroid dienone is 3. The van der Waals surface area contributed by atoms with Gasteiger partial charge in [0.15, 0.2) is 0 Å². The van der Waals surface area contributed by atoms with Gasteiger partial charge in [-0.3, -0.25) is 4.79 Å². The fourth-order valence-corrected chi connectivity index (χ4v) is 5.35. The average molecular weight is 578 g/mol. The molecule has 0 aromatic heterocycles. The largest absolute Gasteiger partial charge is 0.394 e. The number of amides is 1. The van der Waals surface area contributed by atoms with Gasteiger partial charge in [-0.05, 0) is 44.9 Å². The van der Waals surface area contributed by atoms with E-state index >= 15 is 0 Å². The average Bonchev–Trinajstić information content (AvgIpc) is 2.97. The van der Waals surface area contributed by atoms with Crippen molar-refractivity contribution in [3.05, 3.63) is 24.3 Å². The zero-order chi connectivity index (χ0) is 30.1. The topological polar surface area (TPSA) is 69.6 Å². The molecule has 0 bridgehead atoms. The minimum atomic E-state index is -0.834. The van der Waals surface area contributed by atoms with Crippen molar-refractivity contribution in [2.24, 2.45) is 0 Å². The van der Waals surface area contributed by atoms with Gasteiger partial charge in [-0.15, -0.1) is 0 Å². The molecule has 0 aromatic rings. The van der Waals surface area contributed by atoms with Crippen LogP contribution >= 0.6 is 0 Å². The zero-order valence-electron chi connectivity index (χ0n) is 27.6. The lowest BCUT2D eigenvalue weighted by Crippen LogP contribution is -2.45. The van der Waals surface area contributed by atoms with E-state index in [4.69, 9.17) is 0 Å². The van der Waals surface area contributed by atoms with Crippen LogP contribution in [0, 0.1) is 0 Å². The lowest BCUT2D eigenvalue weighted by molar-refractivity contribution is -0.123. The first-order chi connectivity index (χ1) is 20.2. The predicted molar refractivity (Wildman–Crippen MR) is 179 cm³/mol. The molecule has 242 valence electrons. The summed E-state index contributed by atoms with van der Waals surface area (Å²) in [6, 6.07) is -0.617. The van der Waals surface area contributed by atoms with Crippen LogP contribution in [-0.4, -0.2) is 34.9 Å². The molecule has 1 amide bonds. The summed E-state index contributed by atoms with van der Waals surface area (Å²) < 4.78 is 0. The van der Waals surface area contributed by atoms with Crippen molar-refractivity contribution in [3.8, 4) is 0 Å². The molecule has 0 spiro atoms. The van der Waals surface area contributed by atoms with E-state index in [0.29, 0.717) is 6.42 Å². The van der Waals surface area contributed by atoms with Crippen LogP contribution in [0.25, 0.3) is 0 Å². The smallest absolute Gasteiger partial charge is 0.220 e. The van der Waals surface area contributed by atoms with Crippen LogP contribution in [0.5, 0.6) is 0 Å². The Bertz CT molecular complexity index is 589. The number of unbranched alkanes of at least 4 members (excludes halogenated alkanes) is 23. The van der Waals surface area contributed by atoms with Gasteiger partial charge in [0, 0.05) is 6.42 Å². The third-order valence-corrected chi connectivity index (χ3v) is 8.18. The molecule has 0 rings (SSSR count). The summed E-state index contributed by atoms with van der Waals surface area (Å²) in [7, 11) is 0. The van der Waals surface area contributed by atoms with E-state index in [-0.39, 0.29) is 12.5 Å². The molecule has 0 radical (unpaired) electrons. The third-order valence-electron chi connectivity index (χ3n) is 8.18. The second-order valence-electron chi connectivity index (χ2n) is 12.3. The normalized spacial score (nSPS) is 13.4. The number of carbonyl (C=O) groups is 1. The van der Waals surface area contributed by atoms with Crippen LogP contribution < -0.4 is 5.32 Å². The first-order valence-electron chi connectivity index (χ1n) is 18.1. The molecule has 41 heavy (non-hydrogen) atoms. The zero-order valence-corrected chi connectivity index (χ0v) is 27.6. The van der Waals surface area contributed by atoms with Gasteiger partial charge in [-0.25, -0.2) is 0 Å². The molecule has 0 heterocycles. The molecule has 0 aliphatic heterocycles. The van der Waals surface area contributed by atoms with Crippen molar-refractivity contribution in [1.29, 1.82) is 0 Å². The number of hydrogen-bond acceptors (Lipinski definition) is 3. The van der Waals surface area contributed by atoms with Crippen molar-refractivity contribution >= 4 is 5.91 Å². The summed E-state index contributed by atoms with van der Waals surface area (Å²) in [5.74, 6) is -0.0689. The summed E-state index contributed by atoms with van der Waals surface area (Å²) in [5.41, 5.74) is 0. The van der Waals surface area contributed by atoms with Gasteiger partial charge in [-0.2, -0.15) is 0 Å². The van der Waals surface area contributed by atoms with E-state index in [0.717, 1.165) is 25.7 Å². The monoisotopic (exact) mass is 578 g/mol. The van der Waals surface area contributed by atoms with Crippen LogP contribution in [0.4, 0.5) is 0 Å². The molecule has 0 aliphatic carbocycles. The van der Waals surface area contributed by atoms with Gasteiger partial charge in [0.05, 0.1) is 18.8 Å². The van der Waals surface area contributed by atoms with E-state index in [1.165, 1.54) is 141 Å². The Morgan fingerprint density at radius 3 is 1.34 bits per heavy atom. The Balaban J connectivity index is 3.58. The van der Waals surface area contributed by atoms with Crippen molar-refractivity contribution in [3.63, 3.8) is 0 Å². The second kappa shape index (κ2) is 33.4. The molecule has 0 fully saturated rings. The summed E-state index contributed by atoms with van der Waals surface area (Å²) in [6.45, 7) is 4.27. The number of rotatable bonds is 32. The third kappa shape index (κ3) is 30.1. The highest BCUT2D eigenvalue weighted by atomic mass is 16.3. The first kappa shape index (κ1) is 39.9. The van der Waals surface area contributed by atoms with E-state index < -0.39 is 12.1 Å². The molecule has 0 saturated heterocycles. The molecule has 0 aromatic carbocycles. The maximum absolute atomic E-state index is 12.3. The Kier molecular flexibility index (Phi) is 32.5. The van der Waals surface area contributed by atoms with Crippen molar-refractivity contribution in [2.75, 3.05) is 6.61 Å². The maximum atomic E-state index is 12.3. The van der Waals surface area contributed by atoms with E-state index in [1.54, 1.807) is 6.08 Å². The van der Waals surface area contributed by atoms with Crippen molar-refractivity contribution < 1.29 is 15.0 Å². The Hall–Kier alpha value is -1.13. The van der Waals surface area contributed by atoms with Gasteiger partial charge in [0.25, 0.3) is 0 Å². The molecule has 3 N–H and O–H groups in total. The van der Waals surface area contributed by atoms with Crippen LogP contribution in [-0.2, 0) is 4.79 Å². The van der Waals surface area contributed by atoms with Crippen LogP contribution in [0.2, 0.25) is 0 Å². The highest BCUT2D eigenvalue weighted by Crippen LogP contribution is 2.13. The van der Waals surface area contributed by atoms with E-state index in [9.17, 15) is 15.0 Å². The fraction of sp³-hybridized carbons (Fsp3) is 0.865. The van der Waals surface area contributed by atoms with E-state index in [1.807, 2.05) is 6.08 Å². The van der Waals surface area contributed by atoms with Gasteiger partial charge in [0.1, 0.15) is 0 Å². The Morgan fingerprint density at radius 2 is 0.927 bits per heavy atom. The lowest BCUT2D eigenvalue weighted by atomic mass is 10.0. The number of hydrogen-bond donors (Lipinski definition) is 3.